The molecule has 0 atom stereocenters. The Bertz CT molecular complexity index is 752. The Labute approximate surface area is 166 Å². The number of amides is 1. The monoisotopic (exact) mass is 386 g/mol. The Balaban J connectivity index is 1.49. The van der Waals surface area contributed by atoms with Crippen LogP contribution in [0.15, 0.2) is 29.4 Å². The zero-order valence-electron chi connectivity index (χ0n) is 16.4. The Morgan fingerprint density at radius 3 is 2.78 bits per heavy atom. The molecule has 0 aliphatic heterocycles. The number of carbonyl (C=O) groups excluding carboxylic acids is 1. The molecule has 0 bridgehead atoms. The average Bonchev–Trinajstić information content (AvgIpc) is 3.05. The van der Waals surface area contributed by atoms with E-state index in [0.717, 1.165) is 41.0 Å². The minimum atomic E-state index is -0.00680. The number of hydrogen-bond acceptors (Lipinski definition) is 4. The van der Waals surface area contributed by atoms with Gasteiger partial charge in [0.25, 0.3) is 0 Å². The average molecular weight is 387 g/mol. The van der Waals surface area contributed by atoms with Gasteiger partial charge < -0.3 is 9.88 Å². The molecule has 1 aromatic carbocycles. The molecule has 1 saturated carbocycles. The third-order valence-electron chi connectivity index (χ3n) is 5.43. The number of aryl methyl sites for hydroxylation is 2. The van der Waals surface area contributed by atoms with Crippen LogP contribution in [0.4, 0.5) is 5.69 Å². The highest BCUT2D eigenvalue weighted by Gasteiger charge is 2.16. The maximum Gasteiger partial charge on any atom is 0.234 e. The molecular weight excluding hydrogens is 356 g/mol. The lowest BCUT2D eigenvalue weighted by atomic mass is 9.86. The van der Waals surface area contributed by atoms with Gasteiger partial charge in [0.05, 0.1) is 5.75 Å². The van der Waals surface area contributed by atoms with E-state index in [0.29, 0.717) is 5.75 Å². The number of hydrogen-bond donors (Lipinski definition) is 1. The molecule has 1 fully saturated rings. The predicted molar refractivity (Wildman–Crippen MR) is 111 cm³/mol. The van der Waals surface area contributed by atoms with Gasteiger partial charge in [-0.15, -0.1) is 10.2 Å². The first-order chi connectivity index (χ1) is 13.2. The van der Waals surface area contributed by atoms with Crippen LogP contribution in [0.1, 0.15) is 56.8 Å². The molecule has 27 heavy (non-hydrogen) atoms. The number of thioether (sulfide) groups is 1. The number of aromatic nitrogens is 3. The molecular formula is C21H30N4OS. The molecule has 0 spiro atoms. The highest BCUT2D eigenvalue weighted by molar-refractivity contribution is 7.99. The van der Waals surface area contributed by atoms with Crippen molar-refractivity contribution in [3.05, 3.63) is 35.7 Å². The molecule has 1 N–H and O–H groups in total. The number of nitrogens with one attached hydrogen (secondary N) is 1. The third-order valence-corrected chi connectivity index (χ3v) is 6.45. The summed E-state index contributed by atoms with van der Waals surface area (Å²) in [4.78, 5) is 12.3. The predicted octanol–water partition coefficient (Wildman–Crippen LogP) is 4.62. The van der Waals surface area contributed by atoms with Crippen LogP contribution in [0.5, 0.6) is 0 Å². The molecule has 6 heteroatoms. The van der Waals surface area contributed by atoms with E-state index >= 15 is 0 Å². The summed E-state index contributed by atoms with van der Waals surface area (Å²) in [5.74, 6) is 2.20. The van der Waals surface area contributed by atoms with E-state index in [4.69, 9.17) is 0 Å². The van der Waals surface area contributed by atoms with Gasteiger partial charge in [-0.25, -0.2) is 0 Å². The SMILES string of the molecule is CCc1ccccc1NC(=O)CSc1nnc(CCC2CCCCC2)n1C. The van der Waals surface area contributed by atoms with Crippen LogP contribution in [0.25, 0.3) is 0 Å². The molecule has 1 heterocycles. The number of benzene rings is 1. The molecule has 1 aliphatic rings. The summed E-state index contributed by atoms with van der Waals surface area (Å²) in [6, 6.07) is 7.94. The number of para-hydroxylation sites is 1. The van der Waals surface area contributed by atoms with Gasteiger partial charge in [-0.3, -0.25) is 4.79 Å². The van der Waals surface area contributed by atoms with Crippen molar-refractivity contribution < 1.29 is 4.79 Å². The van der Waals surface area contributed by atoms with Crippen molar-refractivity contribution in [3.8, 4) is 0 Å². The van der Waals surface area contributed by atoms with Gasteiger partial charge in [0.2, 0.25) is 5.91 Å². The molecule has 1 aromatic heterocycles. The second-order valence-electron chi connectivity index (χ2n) is 7.35. The summed E-state index contributed by atoms with van der Waals surface area (Å²) in [6.45, 7) is 2.09. The molecule has 2 aromatic rings. The van der Waals surface area contributed by atoms with Crippen LogP contribution in [0, 0.1) is 5.92 Å². The van der Waals surface area contributed by atoms with Gasteiger partial charge in [0.15, 0.2) is 5.16 Å². The first-order valence-corrected chi connectivity index (χ1v) is 11.0. The minimum absolute atomic E-state index is 0.00680. The highest BCUT2D eigenvalue weighted by atomic mass is 32.2. The summed E-state index contributed by atoms with van der Waals surface area (Å²) in [7, 11) is 2.00. The van der Waals surface area contributed by atoms with Crippen molar-refractivity contribution in [2.24, 2.45) is 13.0 Å². The Morgan fingerprint density at radius 2 is 2.00 bits per heavy atom. The van der Waals surface area contributed by atoms with Crippen molar-refractivity contribution >= 4 is 23.4 Å². The van der Waals surface area contributed by atoms with Gasteiger partial charge in [0, 0.05) is 19.2 Å². The van der Waals surface area contributed by atoms with Crippen molar-refractivity contribution in [2.45, 2.75) is 63.4 Å². The molecule has 0 radical (unpaired) electrons. The van der Waals surface area contributed by atoms with E-state index in [9.17, 15) is 4.79 Å². The summed E-state index contributed by atoms with van der Waals surface area (Å²) in [5, 5.41) is 12.5. The summed E-state index contributed by atoms with van der Waals surface area (Å²) in [5.41, 5.74) is 2.05. The van der Waals surface area contributed by atoms with E-state index < -0.39 is 0 Å². The Hall–Kier alpha value is -1.82. The van der Waals surface area contributed by atoms with Gasteiger partial charge in [-0.1, -0.05) is 69.0 Å². The van der Waals surface area contributed by atoms with E-state index in [1.807, 2.05) is 35.9 Å². The summed E-state index contributed by atoms with van der Waals surface area (Å²) < 4.78 is 2.04. The van der Waals surface area contributed by atoms with Gasteiger partial charge >= 0.3 is 0 Å². The van der Waals surface area contributed by atoms with E-state index in [1.54, 1.807) is 0 Å². The molecule has 0 saturated heterocycles. The fraction of sp³-hybridized carbons (Fsp3) is 0.571. The standard InChI is InChI=1S/C21H30N4OS/c1-3-17-11-7-8-12-18(17)22-20(26)15-27-21-24-23-19(25(21)2)14-13-16-9-5-4-6-10-16/h7-8,11-12,16H,3-6,9-10,13-15H2,1-2H3,(H,22,26). The number of anilines is 1. The molecule has 146 valence electrons. The highest BCUT2D eigenvalue weighted by Crippen LogP contribution is 2.27. The van der Waals surface area contributed by atoms with Crippen LogP contribution in [-0.2, 0) is 24.7 Å². The maximum atomic E-state index is 12.3. The first-order valence-electron chi connectivity index (χ1n) is 10.1. The van der Waals surface area contributed by atoms with E-state index in [1.165, 1.54) is 50.3 Å². The normalized spacial score (nSPS) is 15.0. The number of carbonyl (C=O) groups is 1. The summed E-state index contributed by atoms with van der Waals surface area (Å²) in [6.07, 6.45) is 9.94. The first kappa shape index (κ1) is 19.9. The molecule has 1 amide bonds. The molecule has 1 aliphatic carbocycles. The Kier molecular flexibility index (Phi) is 7.33. The fourth-order valence-corrected chi connectivity index (χ4v) is 4.49. The number of rotatable bonds is 8. The molecule has 0 unspecified atom stereocenters. The summed E-state index contributed by atoms with van der Waals surface area (Å²) >= 11 is 1.45. The quantitative estimate of drug-likeness (QED) is 0.673. The molecule has 3 rings (SSSR count). The topological polar surface area (TPSA) is 59.8 Å². The largest absolute Gasteiger partial charge is 0.325 e. The minimum Gasteiger partial charge on any atom is -0.325 e. The lowest BCUT2D eigenvalue weighted by molar-refractivity contribution is -0.113. The molecule has 5 nitrogen and oxygen atoms in total. The second kappa shape index (κ2) is 9.93. The Morgan fingerprint density at radius 1 is 1.22 bits per heavy atom. The van der Waals surface area contributed by atoms with Crippen LogP contribution < -0.4 is 5.32 Å². The van der Waals surface area contributed by atoms with Crippen molar-refractivity contribution in [3.63, 3.8) is 0 Å². The smallest absolute Gasteiger partial charge is 0.234 e. The second-order valence-corrected chi connectivity index (χ2v) is 8.29. The van der Waals surface area contributed by atoms with E-state index in [2.05, 4.69) is 22.4 Å². The fourth-order valence-electron chi connectivity index (χ4n) is 3.76. The zero-order valence-corrected chi connectivity index (χ0v) is 17.2. The van der Waals surface area contributed by atoms with Crippen molar-refractivity contribution in [2.75, 3.05) is 11.1 Å². The van der Waals surface area contributed by atoms with Crippen LogP contribution in [0.2, 0.25) is 0 Å². The van der Waals surface area contributed by atoms with Crippen LogP contribution in [-0.4, -0.2) is 26.4 Å². The maximum absolute atomic E-state index is 12.3. The number of nitrogens with zero attached hydrogens (tertiary/aromatic N) is 3. The van der Waals surface area contributed by atoms with Crippen molar-refractivity contribution in [1.29, 1.82) is 0 Å². The van der Waals surface area contributed by atoms with Crippen LogP contribution in [0.3, 0.4) is 0 Å². The van der Waals surface area contributed by atoms with Gasteiger partial charge in [-0.05, 0) is 30.4 Å². The van der Waals surface area contributed by atoms with Gasteiger partial charge in [-0.2, -0.15) is 0 Å². The third kappa shape index (κ3) is 5.58. The van der Waals surface area contributed by atoms with E-state index in [-0.39, 0.29) is 5.91 Å². The lowest BCUT2D eigenvalue weighted by Crippen LogP contribution is -2.15. The van der Waals surface area contributed by atoms with Gasteiger partial charge in [0.1, 0.15) is 5.82 Å². The van der Waals surface area contributed by atoms with Crippen molar-refractivity contribution in [1.82, 2.24) is 14.8 Å². The zero-order chi connectivity index (χ0) is 19.1. The lowest BCUT2D eigenvalue weighted by Gasteiger charge is -2.20. The van der Waals surface area contributed by atoms with Crippen LogP contribution >= 0.6 is 11.8 Å².